The summed E-state index contributed by atoms with van der Waals surface area (Å²) in [5, 5.41) is 3.65. The SMILES string of the molecule is CC(=O)N1C[C@H]2CC(c3ccc(CCCOc4cc(C)cc(C)c4C)cc3)=C(C(=O)N(C)CCc3ccccc3)[C@@H](C1)N2. The number of nitrogens with one attached hydrogen (secondary N) is 1. The predicted molar refractivity (Wildman–Crippen MR) is 173 cm³/mol. The van der Waals surface area contributed by atoms with Crippen LogP contribution < -0.4 is 10.1 Å². The summed E-state index contributed by atoms with van der Waals surface area (Å²) in [5.41, 5.74) is 9.15. The molecular formula is C37H45N3O3. The van der Waals surface area contributed by atoms with E-state index in [2.05, 4.69) is 74.6 Å². The number of likely N-dealkylation sites (N-methyl/N-ethyl adjacent to an activating group) is 1. The number of aryl methyl sites for hydroxylation is 3. The van der Waals surface area contributed by atoms with Gasteiger partial charge in [-0.05, 0) is 91.5 Å². The van der Waals surface area contributed by atoms with Gasteiger partial charge in [-0.1, -0.05) is 60.7 Å². The van der Waals surface area contributed by atoms with E-state index < -0.39 is 0 Å². The van der Waals surface area contributed by atoms with Gasteiger partial charge in [0, 0.05) is 45.2 Å². The van der Waals surface area contributed by atoms with E-state index in [0.29, 0.717) is 26.2 Å². The first-order chi connectivity index (χ1) is 20.7. The van der Waals surface area contributed by atoms with Crippen LogP contribution in [0.1, 0.15) is 53.1 Å². The first kappa shape index (κ1) is 30.6. The lowest BCUT2D eigenvalue weighted by atomic mass is 9.82. The monoisotopic (exact) mass is 579 g/mol. The van der Waals surface area contributed by atoms with Crippen molar-refractivity contribution >= 4 is 17.4 Å². The number of rotatable bonds is 10. The highest BCUT2D eigenvalue weighted by Gasteiger charge is 2.39. The summed E-state index contributed by atoms with van der Waals surface area (Å²) < 4.78 is 6.13. The second-order valence-electron chi connectivity index (χ2n) is 12.3. The minimum Gasteiger partial charge on any atom is -0.493 e. The van der Waals surface area contributed by atoms with Crippen molar-refractivity contribution in [1.29, 1.82) is 0 Å². The van der Waals surface area contributed by atoms with Crippen LogP contribution in [0.25, 0.3) is 5.57 Å². The van der Waals surface area contributed by atoms with Gasteiger partial charge in [0.15, 0.2) is 0 Å². The number of benzene rings is 3. The number of piperazine rings is 1. The fourth-order valence-corrected chi connectivity index (χ4v) is 6.35. The summed E-state index contributed by atoms with van der Waals surface area (Å²) in [6.45, 7) is 10.5. The summed E-state index contributed by atoms with van der Waals surface area (Å²) in [5.74, 6) is 1.07. The molecule has 5 rings (SSSR count). The third-order valence-corrected chi connectivity index (χ3v) is 8.94. The quantitative estimate of drug-likeness (QED) is 0.315. The van der Waals surface area contributed by atoms with Gasteiger partial charge in [0.2, 0.25) is 5.91 Å². The standard InChI is InChI=1S/C37H45N3O3/c1-25-20-26(2)27(3)35(21-25)43-19-9-12-30-13-15-31(16-14-30)33-22-32-23-40(28(4)41)24-34(38-32)36(33)37(42)39(5)18-17-29-10-7-6-8-11-29/h6-8,10-11,13-16,20-21,32,34,38H,9,12,17-19,22-24H2,1-5H3/t32-,34-/m1/s1. The van der Waals surface area contributed by atoms with Gasteiger partial charge in [-0.15, -0.1) is 0 Å². The lowest BCUT2D eigenvalue weighted by Crippen LogP contribution is -2.61. The minimum atomic E-state index is -0.177. The Morgan fingerprint density at radius 2 is 1.67 bits per heavy atom. The van der Waals surface area contributed by atoms with Crippen LogP contribution in [0.2, 0.25) is 0 Å². The minimum absolute atomic E-state index is 0.0372. The third-order valence-electron chi connectivity index (χ3n) is 8.94. The zero-order valence-corrected chi connectivity index (χ0v) is 26.3. The summed E-state index contributed by atoms with van der Waals surface area (Å²) in [4.78, 5) is 30.0. The molecule has 0 radical (unpaired) electrons. The number of hydrogen-bond donors (Lipinski definition) is 1. The highest BCUT2D eigenvalue weighted by Crippen LogP contribution is 2.34. The summed E-state index contributed by atoms with van der Waals surface area (Å²) in [6, 6.07) is 23.2. The first-order valence-electron chi connectivity index (χ1n) is 15.5. The molecule has 0 aromatic heterocycles. The Balaban J connectivity index is 1.30. The van der Waals surface area contributed by atoms with Gasteiger partial charge in [0.1, 0.15) is 5.75 Å². The van der Waals surface area contributed by atoms with Crippen molar-refractivity contribution in [2.24, 2.45) is 0 Å². The van der Waals surface area contributed by atoms with E-state index in [-0.39, 0.29) is 23.9 Å². The van der Waals surface area contributed by atoms with Crippen LogP contribution in [0.5, 0.6) is 5.75 Å². The molecule has 1 saturated heterocycles. The number of amides is 2. The maximum absolute atomic E-state index is 14.0. The Morgan fingerprint density at radius 1 is 0.953 bits per heavy atom. The molecule has 2 aliphatic heterocycles. The van der Waals surface area contributed by atoms with Crippen molar-refractivity contribution in [2.45, 2.75) is 65.5 Å². The van der Waals surface area contributed by atoms with Crippen LogP contribution in [0.15, 0.2) is 72.3 Å². The van der Waals surface area contributed by atoms with Gasteiger partial charge in [0.25, 0.3) is 5.91 Å². The number of ether oxygens (including phenoxy) is 1. The van der Waals surface area contributed by atoms with E-state index in [9.17, 15) is 9.59 Å². The molecule has 0 saturated carbocycles. The van der Waals surface area contributed by atoms with E-state index >= 15 is 0 Å². The van der Waals surface area contributed by atoms with Gasteiger partial charge in [0.05, 0.1) is 12.6 Å². The Labute approximate surface area is 256 Å². The smallest absolute Gasteiger partial charge is 0.251 e. The molecule has 6 nitrogen and oxygen atoms in total. The van der Waals surface area contributed by atoms with Crippen molar-refractivity contribution in [3.8, 4) is 5.75 Å². The van der Waals surface area contributed by atoms with Crippen molar-refractivity contribution in [1.82, 2.24) is 15.1 Å². The lowest BCUT2D eigenvalue weighted by Gasteiger charge is -2.44. The number of hydrogen-bond acceptors (Lipinski definition) is 4. The number of nitrogens with zero attached hydrogens (tertiary/aromatic N) is 2. The van der Waals surface area contributed by atoms with Crippen LogP contribution >= 0.6 is 0 Å². The number of fused-ring (bicyclic) bond motifs is 2. The van der Waals surface area contributed by atoms with Crippen LogP contribution in [0, 0.1) is 20.8 Å². The van der Waals surface area contributed by atoms with E-state index in [1.54, 1.807) is 6.92 Å². The molecule has 0 spiro atoms. The maximum atomic E-state index is 14.0. The average Bonchev–Trinajstić information content (AvgIpc) is 3.00. The number of carbonyl (C=O) groups is 2. The van der Waals surface area contributed by atoms with Gasteiger partial charge in [-0.3, -0.25) is 9.59 Å². The van der Waals surface area contributed by atoms with E-state index in [0.717, 1.165) is 48.1 Å². The van der Waals surface area contributed by atoms with Crippen LogP contribution in [0.3, 0.4) is 0 Å². The van der Waals surface area contributed by atoms with Crippen LogP contribution in [0.4, 0.5) is 0 Å². The molecule has 0 unspecified atom stereocenters. The zero-order chi connectivity index (χ0) is 30.5. The molecule has 0 aliphatic carbocycles. The molecule has 3 aromatic carbocycles. The molecule has 6 heteroatoms. The van der Waals surface area contributed by atoms with Crippen LogP contribution in [-0.2, 0) is 22.4 Å². The summed E-state index contributed by atoms with van der Waals surface area (Å²) in [7, 11) is 1.89. The predicted octanol–water partition coefficient (Wildman–Crippen LogP) is 5.67. The molecule has 2 amide bonds. The average molecular weight is 580 g/mol. The van der Waals surface area contributed by atoms with Crippen molar-refractivity contribution in [3.63, 3.8) is 0 Å². The Bertz CT molecular complexity index is 1480. The van der Waals surface area contributed by atoms with Crippen molar-refractivity contribution in [3.05, 3.63) is 106 Å². The Morgan fingerprint density at radius 3 is 2.40 bits per heavy atom. The Kier molecular flexibility index (Phi) is 9.66. The van der Waals surface area contributed by atoms with Crippen molar-refractivity contribution in [2.75, 3.05) is 33.3 Å². The van der Waals surface area contributed by atoms with Crippen molar-refractivity contribution < 1.29 is 14.3 Å². The third kappa shape index (κ3) is 7.37. The number of carbonyl (C=O) groups excluding carboxylic acids is 2. The fourth-order valence-electron chi connectivity index (χ4n) is 6.35. The second-order valence-corrected chi connectivity index (χ2v) is 12.3. The van der Waals surface area contributed by atoms with E-state index in [1.807, 2.05) is 35.0 Å². The molecule has 3 aromatic rings. The normalized spacial score (nSPS) is 18.0. The molecule has 43 heavy (non-hydrogen) atoms. The largest absolute Gasteiger partial charge is 0.493 e. The summed E-state index contributed by atoms with van der Waals surface area (Å²) >= 11 is 0. The van der Waals surface area contributed by atoms with Crippen LogP contribution in [-0.4, -0.2) is 67.0 Å². The van der Waals surface area contributed by atoms with Gasteiger partial charge >= 0.3 is 0 Å². The Hall–Kier alpha value is -3.90. The molecule has 2 heterocycles. The molecule has 2 atom stereocenters. The molecule has 2 aliphatic rings. The molecular weight excluding hydrogens is 534 g/mol. The molecule has 1 N–H and O–H groups in total. The maximum Gasteiger partial charge on any atom is 0.251 e. The first-order valence-corrected chi connectivity index (χ1v) is 15.5. The molecule has 2 bridgehead atoms. The topological polar surface area (TPSA) is 61.9 Å². The fraction of sp³-hybridized carbons (Fsp3) is 0.405. The summed E-state index contributed by atoms with van der Waals surface area (Å²) in [6.07, 6.45) is 3.38. The zero-order valence-electron chi connectivity index (χ0n) is 26.3. The van der Waals surface area contributed by atoms with Gasteiger partial charge in [-0.25, -0.2) is 0 Å². The van der Waals surface area contributed by atoms with Gasteiger partial charge in [-0.2, -0.15) is 0 Å². The highest BCUT2D eigenvalue weighted by atomic mass is 16.5. The molecule has 226 valence electrons. The molecule has 1 fully saturated rings. The highest BCUT2D eigenvalue weighted by molar-refractivity contribution is 6.03. The van der Waals surface area contributed by atoms with E-state index in [4.69, 9.17) is 4.74 Å². The second kappa shape index (κ2) is 13.6. The van der Waals surface area contributed by atoms with Gasteiger partial charge < -0.3 is 19.9 Å². The van der Waals surface area contributed by atoms with E-state index in [1.165, 1.54) is 27.8 Å². The lowest BCUT2D eigenvalue weighted by molar-refractivity contribution is -0.132.